The maximum atomic E-state index is 2.25. The number of hydrogen-bond donors (Lipinski definition) is 0. The Balaban J connectivity index is 0.000000671. The Labute approximate surface area is 83.0 Å². The zero-order chi connectivity index (χ0) is 10.5. The summed E-state index contributed by atoms with van der Waals surface area (Å²) in [6.07, 6.45) is 0. The molecule has 0 aliphatic rings. The normalized spacial score (nSPS) is 10.3. The second-order valence-corrected chi connectivity index (χ2v) is 4.12. The molecule has 0 spiro atoms. The van der Waals surface area contributed by atoms with Crippen molar-refractivity contribution in [2.24, 2.45) is 0 Å². The Morgan fingerprint density at radius 3 is 1.85 bits per heavy atom. The van der Waals surface area contributed by atoms with Crippen LogP contribution in [0, 0.1) is 6.92 Å². The average Bonchev–Trinajstić information content (AvgIpc) is 2.06. The Bertz CT molecular complexity index is 240. The van der Waals surface area contributed by atoms with Crippen LogP contribution in [0.15, 0.2) is 24.3 Å². The van der Waals surface area contributed by atoms with E-state index < -0.39 is 0 Å². The van der Waals surface area contributed by atoms with E-state index in [9.17, 15) is 0 Å². The maximum Gasteiger partial charge on any atom is -0.0132 e. The van der Waals surface area contributed by atoms with Gasteiger partial charge in [0.1, 0.15) is 0 Å². The van der Waals surface area contributed by atoms with Gasteiger partial charge in [0.2, 0.25) is 0 Å². The highest BCUT2D eigenvalue weighted by molar-refractivity contribution is 5.27. The molecule has 1 rings (SSSR count). The molecule has 0 aromatic heterocycles. The van der Waals surface area contributed by atoms with Gasteiger partial charge in [-0.25, -0.2) is 0 Å². The number of hydrogen-bond acceptors (Lipinski definition) is 0. The molecule has 1 aromatic carbocycles. The van der Waals surface area contributed by atoms with E-state index >= 15 is 0 Å². The summed E-state index contributed by atoms with van der Waals surface area (Å²) < 4.78 is 0. The third kappa shape index (κ3) is 4.12. The van der Waals surface area contributed by atoms with Crippen LogP contribution < -0.4 is 0 Å². The van der Waals surface area contributed by atoms with Crippen LogP contribution in [-0.4, -0.2) is 0 Å². The first kappa shape index (κ1) is 12.2. The highest BCUT2D eigenvalue weighted by Crippen LogP contribution is 2.22. The molecule has 0 atom stereocenters. The quantitative estimate of drug-likeness (QED) is 0.555. The number of benzene rings is 1. The summed E-state index contributed by atoms with van der Waals surface area (Å²) in [6, 6.07) is 8.69. The third-order valence-corrected chi connectivity index (χ3v) is 1.88. The van der Waals surface area contributed by atoms with Crippen molar-refractivity contribution in [2.45, 2.75) is 47.0 Å². The van der Waals surface area contributed by atoms with E-state index in [0.717, 1.165) is 0 Å². The lowest BCUT2D eigenvalue weighted by atomic mass is 9.86. The second-order valence-electron chi connectivity index (χ2n) is 4.12. The minimum atomic E-state index is 0.284. The van der Waals surface area contributed by atoms with Crippen molar-refractivity contribution >= 4 is 0 Å². The van der Waals surface area contributed by atoms with Crippen molar-refractivity contribution in [1.82, 2.24) is 0 Å². The van der Waals surface area contributed by atoms with Gasteiger partial charge >= 0.3 is 0 Å². The summed E-state index contributed by atoms with van der Waals surface area (Å²) in [5.41, 5.74) is 3.04. The van der Waals surface area contributed by atoms with Crippen molar-refractivity contribution in [3.8, 4) is 0 Å². The Morgan fingerprint density at radius 2 is 1.54 bits per heavy atom. The summed E-state index contributed by atoms with van der Waals surface area (Å²) in [4.78, 5) is 0. The van der Waals surface area contributed by atoms with Gasteiger partial charge in [-0.2, -0.15) is 0 Å². The van der Waals surface area contributed by atoms with Crippen molar-refractivity contribution < 1.29 is 0 Å². The molecular formula is C13H22. The molecule has 0 N–H and O–H groups in total. The average molecular weight is 178 g/mol. The summed E-state index contributed by atoms with van der Waals surface area (Å²) in [5.74, 6) is 0. The van der Waals surface area contributed by atoms with E-state index in [2.05, 4.69) is 52.0 Å². The summed E-state index contributed by atoms with van der Waals surface area (Å²) in [5, 5.41) is 0. The highest BCUT2D eigenvalue weighted by Gasteiger charge is 2.12. The largest absolute Gasteiger partial charge is 0.0683 e. The van der Waals surface area contributed by atoms with Crippen LogP contribution in [0.3, 0.4) is 0 Å². The first-order valence-corrected chi connectivity index (χ1v) is 5.07. The minimum absolute atomic E-state index is 0.284. The van der Waals surface area contributed by atoms with Gasteiger partial charge in [-0.1, -0.05) is 64.4 Å². The topological polar surface area (TPSA) is 0 Å². The zero-order valence-electron chi connectivity index (χ0n) is 9.81. The molecule has 0 fully saturated rings. The number of rotatable bonds is 0. The van der Waals surface area contributed by atoms with Crippen molar-refractivity contribution in [3.05, 3.63) is 35.4 Å². The molecule has 0 saturated carbocycles. The van der Waals surface area contributed by atoms with Crippen LogP contribution in [0.25, 0.3) is 0 Å². The minimum Gasteiger partial charge on any atom is -0.0683 e. The number of aryl methyl sites for hydroxylation is 1. The van der Waals surface area contributed by atoms with Gasteiger partial charge in [0, 0.05) is 0 Å². The summed E-state index contributed by atoms with van der Waals surface area (Å²) in [7, 11) is 0. The lowest BCUT2D eigenvalue weighted by molar-refractivity contribution is 0.590. The van der Waals surface area contributed by atoms with Gasteiger partial charge in [0.25, 0.3) is 0 Å². The van der Waals surface area contributed by atoms with Crippen LogP contribution in [0.4, 0.5) is 0 Å². The lowest BCUT2D eigenvalue weighted by Gasteiger charge is -2.19. The Kier molecular flexibility index (Phi) is 4.76. The third-order valence-electron chi connectivity index (χ3n) is 1.88. The molecule has 0 radical (unpaired) electrons. The maximum absolute atomic E-state index is 2.25. The van der Waals surface area contributed by atoms with Gasteiger partial charge in [0.15, 0.2) is 0 Å². The fourth-order valence-corrected chi connectivity index (χ4v) is 1.11. The fourth-order valence-electron chi connectivity index (χ4n) is 1.11. The summed E-state index contributed by atoms with van der Waals surface area (Å²) >= 11 is 0. The van der Waals surface area contributed by atoms with Crippen LogP contribution in [0.5, 0.6) is 0 Å². The first-order valence-electron chi connectivity index (χ1n) is 5.07. The molecule has 1 aromatic rings. The SMILES string of the molecule is CC.Cc1cccc(C(C)(C)C)c1. The molecule has 74 valence electrons. The zero-order valence-corrected chi connectivity index (χ0v) is 9.81. The van der Waals surface area contributed by atoms with Crippen molar-refractivity contribution in [3.63, 3.8) is 0 Å². The monoisotopic (exact) mass is 178 g/mol. The van der Waals surface area contributed by atoms with E-state index in [4.69, 9.17) is 0 Å². The van der Waals surface area contributed by atoms with Gasteiger partial charge < -0.3 is 0 Å². The predicted molar refractivity (Wildman–Crippen MR) is 61.2 cm³/mol. The summed E-state index contributed by atoms with van der Waals surface area (Å²) in [6.45, 7) is 12.8. The van der Waals surface area contributed by atoms with Gasteiger partial charge in [-0.15, -0.1) is 0 Å². The van der Waals surface area contributed by atoms with Gasteiger partial charge in [0.05, 0.1) is 0 Å². The van der Waals surface area contributed by atoms with E-state index in [1.165, 1.54) is 11.1 Å². The molecule has 0 bridgehead atoms. The highest BCUT2D eigenvalue weighted by atomic mass is 14.2. The molecule has 13 heavy (non-hydrogen) atoms. The smallest absolute Gasteiger partial charge is 0.0132 e. The van der Waals surface area contributed by atoms with Gasteiger partial charge in [-0.05, 0) is 17.9 Å². The van der Waals surface area contributed by atoms with Crippen molar-refractivity contribution in [2.75, 3.05) is 0 Å². The van der Waals surface area contributed by atoms with Gasteiger partial charge in [-0.3, -0.25) is 0 Å². The standard InChI is InChI=1S/C11H16.C2H6/c1-9-6-5-7-10(8-9)11(2,3)4;1-2/h5-8H,1-4H3;1-2H3. The Morgan fingerprint density at radius 1 is 1.00 bits per heavy atom. The Hall–Kier alpha value is -0.780. The molecule has 0 unspecified atom stereocenters. The van der Waals surface area contributed by atoms with Crippen LogP contribution in [0.2, 0.25) is 0 Å². The molecule has 0 heterocycles. The first-order chi connectivity index (χ1) is 6.00. The molecular weight excluding hydrogens is 156 g/mol. The fraction of sp³-hybridized carbons (Fsp3) is 0.538. The predicted octanol–water partition coefficient (Wildman–Crippen LogP) is 4.32. The molecule has 0 nitrogen and oxygen atoms in total. The van der Waals surface area contributed by atoms with Crippen LogP contribution in [0.1, 0.15) is 45.7 Å². The molecule has 0 saturated heterocycles. The second kappa shape index (κ2) is 5.06. The van der Waals surface area contributed by atoms with E-state index in [1.54, 1.807) is 0 Å². The van der Waals surface area contributed by atoms with E-state index in [1.807, 2.05) is 13.8 Å². The lowest BCUT2D eigenvalue weighted by Crippen LogP contribution is -2.10. The van der Waals surface area contributed by atoms with E-state index in [-0.39, 0.29) is 5.41 Å². The molecule has 0 heteroatoms. The molecule has 0 aliphatic heterocycles. The molecule has 0 amide bonds. The van der Waals surface area contributed by atoms with Crippen molar-refractivity contribution in [1.29, 1.82) is 0 Å². The molecule has 0 aliphatic carbocycles. The van der Waals surface area contributed by atoms with E-state index in [0.29, 0.717) is 0 Å². The van der Waals surface area contributed by atoms with Crippen LogP contribution >= 0.6 is 0 Å². The van der Waals surface area contributed by atoms with Crippen LogP contribution in [-0.2, 0) is 5.41 Å².